The first kappa shape index (κ1) is 14.8. The van der Waals surface area contributed by atoms with Crippen LogP contribution in [0.25, 0.3) is 0 Å². The van der Waals surface area contributed by atoms with E-state index in [1.165, 1.54) is 17.7 Å². The number of halogens is 1. The third-order valence-electron chi connectivity index (χ3n) is 2.63. The van der Waals surface area contributed by atoms with Crippen LogP contribution in [-0.2, 0) is 0 Å². The molecule has 1 unspecified atom stereocenters. The van der Waals surface area contributed by atoms with Gasteiger partial charge < -0.3 is 5.32 Å². The molecule has 1 nitrogen and oxygen atoms in total. The summed E-state index contributed by atoms with van der Waals surface area (Å²) in [5.74, 6) is 1.12. The van der Waals surface area contributed by atoms with E-state index < -0.39 is 0 Å². The van der Waals surface area contributed by atoms with Crippen LogP contribution in [0.2, 0.25) is 0 Å². The van der Waals surface area contributed by atoms with E-state index in [1.807, 2.05) is 24.9 Å². The maximum absolute atomic E-state index is 3.76. The summed E-state index contributed by atoms with van der Waals surface area (Å²) in [7, 11) is 2.04. The average Bonchev–Trinajstić information content (AvgIpc) is 2.35. The Bertz CT molecular complexity index is 323. The van der Waals surface area contributed by atoms with Gasteiger partial charge in [-0.15, -0.1) is 18.3 Å². The molecule has 0 aliphatic rings. The van der Waals surface area contributed by atoms with Crippen molar-refractivity contribution in [2.24, 2.45) is 0 Å². The summed E-state index contributed by atoms with van der Waals surface area (Å²) in [6.07, 6.45) is 5.54. The Morgan fingerprint density at radius 2 is 2.12 bits per heavy atom. The minimum atomic E-state index is 0.587. The number of allylic oxidation sites excluding steroid dienone is 1. The van der Waals surface area contributed by atoms with E-state index in [1.54, 1.807) is 0 Å². The predicted molar refractivity (Wildman–Crippen MR) is 81.8 cm³/mol. The molecule has 0 fully saturated rings. The van der Waals surface area contributed by atoms with Gasteiger partial charge in [-0.1, -0.05) is 22.0 Å². The van der Waals surface area contributed by atoms with Crippen LogP contribution in [0.3, 0.4) is 0 Å². The SMILES string of the molecule is C=CCCCC(CSc1ccc(Br)cc1)NC. The quantitative estimate of drug-likeness (QED) is 0.431. The van der Waals surface area contributed by atoms with Gasteiger partial charge in [-0.25, -0.2) is 0 Å². The molecule has 0 spiro atoms. The smallest absolute Gasteiger partial charge is 0.0176 e. The van der Waals surface area contributed by atoms with Crippen LogP contribution in [0.5, 0.6) is 0 Å². The van der Waals surface area contributed by atoms with Crippen molar-refractivity contribution in [2.45, 2.75) is 30.2 Å². The largest absolute Gasteiger partial charge is 0.316 e. The fourth-order valence-corrected chi connectivity index (χ4v) is 2.87. The van der Waals surface area contributed by atoms with Crippen molar-refractivity contribution in [3.8, 4) is 0 Å². The molecule has 0 aliphatic heterocycles. The fourth-order valence-electron chi connectivity index (χ4n) is 1.55. The Kier molecular flexibility index (Phi) is 7.65. The van der Waals surface area contributed by atoms with Crippen molar-refractivity contribution in [3.05, 3.63) is 41.4 Å². The Balaban J connectivity index is 2.31. The van der Waals surface area contributed by atoms with E-state index in [9.17, 15) is 0 Å². The second kappa shape index (κ2) is 8.78. The van der Waals surface area contributed by atoms with Crippen LogP contribution in [0.4, 0.5) is 0 Å². The summed E-state index contributed by atoms with van der Waals surface area (Å²) in [4.78, 5) is 1.33. The Labute approximate surface area is 117 Å². The minimum Gasteiger partial charge on any atom is -0.316 e. The van der Waals surface area contributed by atoms with Gasteiger partial charge in [0.2, 0.25) is 0 Å². The van der Waals surface area contributed by atoms with Gasteiger partial charge in [0.15, 0.2) is 0 Å². The lowest BCUT2D eigenvalue weighted by molar-refractivity contribution is 0.552. The Morgan fingerprint density at radius 1 is 1.41 bits per heavy atom. The Hall–Kier alpha value is -0.250. The molecule has 0 heterocycles. The molecule has 0 aliphatic carbocycles. The van der Waals surface area contributed by atoms with Crippen LogP contribution >= 0.6 is 27.7 Å². The van der Waals surface area contributed by atoms with Crippen LogP contribution in [0, 0.1) is 0 Å². The van der Waals surface area contributed by atoms with Crippen LogP contribution < -0.4 is 5.32 Å². The van der Waals surface area contributed by atoms with Gasteiger partial charge in [-0.2, -0.15) is 0 Å². The second-order valence-electron chi connectivity index (χ2n) is 3.97. The molecule has 0 saturated heterocycles. The number of benzene rings is 1. The highest BCUT2D eigenvalue weighted by Crippen LogP contribution is 2.22. The standard InChI is InChI=1S/C14H20BrNS/c1-3-4-5-6-13(16-2)11-17-14-9-7-12(15)8-10-14/h3,7-10,13,16H,1,4-6,11H2,2H3. The average molecular weight is 314 g/mol. The first-order chi connectivity index (χ1) is 8.26. The van der Waals surface area contributed by atoms with Crippen molar-refractivity contribution in [3.63, 3.8) is 0 Å². The van der Waals surface area contributed by atoms with Crippen LogP contribution in [0.15, 0.2) is 46.3 Å². The van der Waals surface area contributed by atoms with Crippen molar-refractivity contribution < 1.29 is 0 Å². The number of nitrogens with one attached hydrogen (secondary N) is 1. The zero-order valence-electron chi connectivity index (χ0n) is 10.3. The molecule has 0 bridgehead atoms. The molecule has 94 valence electrons. The molecule has 1 N–H and O–H groups in total. The summed E-state index contributed by atoms with van der Waals surface area (Å²) in [5.41, 5.74) is 0. The molecule has 0 saturated carbocycles. The van der Waals surface area contributed by atoms with E-state index in [0.29, 0.717) is 6.04 Å². The van der Waals surface area contributed by atoms with E-state index in [4.69, 9.17) is 0 Å². The lowest BCUT2D eigenvalue weighted by Gasteiger charge is -2.15. The third-order valence-corrected chi connectivity index (χ3v) is 4.34. The van der Waals surface area contributed by atoms with Gasteiger partial charge >= 0.3 is 0 Å². The zero-order chi connectivity index (χ0) is 12.5. The maximum atomic E-state index is 3.76. The molecule has 1 rings (SSSR count). The topological polar surface area (TPSA) is 12.0 Å². The second-order valence-corrected chi connectivity index (χ2v) is 5.98. The summed E-state index contributed by atoms with van der Waals surface area (Å²) in [6, 6.07) is 9.09. The molecule has 3 heteroatoms. The van der Waals surface area contributed by atoms with Gasteiger partial charge in [0, 0.05) is 21.2 Å². The number of rotatable bonds is 8. The number of thioether (sulfide) groups is 1. The van der Waals surface area contributed by atoms with Gasteiger partial charge in [0.1, 0.15) is 0 Å². The van der Waals surface area contributed by atoms with Crippen LogP contribution in [0.1, 0.15) is 19.3 Å². The molecule has 1 aromatic carbocycles. The third kappa shape index (κ3) is 6.29. The molecular weight excluding hydrogens is 294 g/mol. The van der Waals surface area contributed by atoms with Crippen LogP contribution in [-0.4, -0.2) is 18.8 Å². The van der Waals surface area contributed by atoms with Crippen molar-refractivity contribution in [1.29, 1.82) is 0 Å². The van der Waals surface area contributed by atoms with Crippen molar-refractivity contribution in [2.75, 3.05) is 12.8 Å². The van der Waals surface area contributed by atoms with Gasteiger partial charge in [-0.3, -0.25) is 0 Å². The zero-order valence-corrected chi connectivity index (χ0v) is 12.7. The highest BCUT2D eigenvalue weighted by Gasteiger charge is 2.06. The Morgan fingerprint density at radius 3 is 2.71 bits per heavy atom. The summed E-state index contributed by atoms with van der Waals surface area (Å²) >= 11 is 5.36. The van der Waals surface area contributed by atoms with Gasteiger partial charge in [0.05, 0.1) is 0 Å². The first-order valence-electron chi connectivity index (χ1n) is 5.92. The summed E-state index contributed by atoms with van der Waals surface area (Å²) < 4.78 is 1.14. The predicted octanol–water partition coefficient (Wildman–Crippen LogP) is 4.49. The van der Waals surface area contributed by atoms with E-state index in [-0.39, 0.29) is 0 Å². The van der Waals surface area contributed by atoms with Crippen molar-refractivity contribution in [1.82, 2.24) is 5.32 Å². The molecule has 0 radical (unpaired) electrons. The van der Waals surface area contributed by atoms with Gasteiger partial charge in [0.25, 0.3) is 0 Å². The monoisotopic (exact) mass is 313 g/mol. The van der Waals surface area contributed by atoms with E-state index in [0.717, 1.165) is 16.6 Å². The summed E-state index contributed by atoms with van der Waals surface area (Å²) in [5, 5.41) is 3.38. The maximum Gasteiger partial charge on any atom is 0.0176 e. The molecule has 1 atom stereocenters. The van der Waals surface area contributed by atoms with Gasteiger partial charge in [-0.05, 0) is 50.6 Å². The number of unbranched alkanes of at least 4 members (excludes halogenated alkanes) is 1. The molecule has 0 amide bonds. The highest BCUT2D eigenvalue weighted by atomic mass is 79.9. The summed E-state index contributed by atoms with van der Waals surface area (Å²) in [6.45, 7) is 3.76. The van der Waals surface area contributed by atoms with Crippen molar-refractivity contribution >= 4 is 27.7 Å². The molecule has 17 heavy (non-hydrogen) atoms. The minimum absolute atomic E-state index is 0.587. The fraction of sp³-hybridized carbons (Fsp3) is 0.429. The number of hydrogen-bond donors (Lipinski definition) is 1. The normalized spacial score (nSPS) is 12.4. The molecular formula is C14H20BrNS. The highest BCUT2D eigenvalue weighted by molar-refractivity contribution is 9.10. The lowest BCUT2D eigenvalue weighted by Crippen LogP contribution is -2.27. The first-order valence-corrected chi connectivity index (χ1v) is 7.70. The van der Waals surface area contributed by atoms with E-state index in [2.05, 4.69) is 52.1 Å². The lowest BCUT2D eigenvalue weighted by atomic mass is 10.1. The van der Waals surface area contributed by atoms with E-state index >= 15 is 0 Å². The molecule has 0 aromatic heterocycles. The molecule has 1 aromatic rings. The number of hydrogen-bond acceptors (Lipinski definition) is 2.